The van der Waals surface area contributed by atoms with Gasteiger partial charge in [0.1, 0.15) is 0 Å². The van der Waals surface area contributed by atoms with Crippen LogP contribution >= 0.6 is 0 Å². The van der Waals surface area contributed by atoms with Crippen molar-refractivity contribution >= 4 is 10.0 Å². The van der Waals surface area contributed by atoms with Crippen molar-refractivity contribution in [2.75, 3.05) is 13.2 Å². The highest BCUT2D eigenvalue weighted by Gasteiger charge is 2.43. The first kappa shape index (κ1) is 16.2. The summed E-state index contributed by atoms with van der Waals surface area (Å²) < 4.78 is 32.1. The van der Waals surface area contributed by atoms with Gasteiger partial charge in [-0.05, 0) is 31.0 Å². The van der Waals surface area contributed by atoms with Crippen LogP contribution in [0.5, 0.6) is 0 Å². The zero-order valence-corrected chi connectivity index (χ0v) is 14.0. The molecule has 0 aliphatic carbocycles. The summed E-state index contributed by atoms with van der Waals surface area (Å²) in [5, 5.41) is 0. The van der Waals surface area contributed by atoms with Crippen LogP contribution in [0.3, 0.4) is 0 Å². The van der Waals surface area contributed by atoms with E-state index in [-0.39, 0.29) is 6.04 Å². The summed E-state index contributed by atoms with van der Waals surface area (Å²) in [6.07, 6.45) is 0.734. The Labute approximate surface area is 137 Å². The average molecular weight is 331 g/mol. The van der Waals surface area contributed by atoms with Crippen molar-refractivity contribution in [3.05, 3.63) is 65.7 Å². The maximum atomic E-state index is 12.5. The zero-order valence-electron chi connectivity index (χ0n) is 13.2. The number of nitrogens with zero attached hydrogens (tertiary/aromatic N) is 1. The standard InChI is InChI=1S/C18H21NO3S/c1-15-7-9-18(10-8-15)23(20,21)19-13-17(19)11-12-22-14-16-5-3-2-4-6-16/h2-10,17H,11-14H2,1H3. The average Bonchev–Trinajstić information content (AvgIpc) is 3.33. The van der Waals surface area contributed by atoms with Crippen LogP contribution in [0.4, 0.5) is 0 Å². The van der Waals surface area contributed by atoms with E-state index in [0.29, 0.717) is 24.7 Å². The molecule has 0 saturated carbocycles. The van der Waals surface area contributed by atoms with Gasteiger partial charge in [0.25, 0.3) is 0 Å². The molecule has 1 aliphatic rings. The number of sulfonamides is 1. The molecule has 0 N–H and O–H groups in total. The van der Waals surface area contributed by atoms with E-state index in [1.807, 2.05) is 49.4 Å². The van der Waals surface area contributed by atoms with E-state index in [1.165, 1.54) is 0 Å². The fourth-order valence-electron chi connectivity index (χ4n) is 2.52. The summed E-state index contributed by atoms with van der Waals surface area (Å²) in [4.78, 5) is 0.371. The molecule has 4 nitrogen and oxygen atoms in total. The molecule has 2 aromatic carbocycles. The van der Waals surface area contributed by atoms with Gasteiger partial charge in [0.05, 0.1) is 11.5 Å². The van der Waals surface area contributed by atoms with E-state index in [9.17, 15) is 8.42 Å². The first-order chi connectivity index (χ1) is 11.1. The van der Waals surface area contributed by atoms with Crippen LogP contribution in [0.15, 0.2) is 59.5 Å². The number of rotatable bonds is 7. The molecule has 2 aromatic rings. The molecular formula is C18H21NO3S. The van der Waals surface area contributed by atoms with Crippen molar-refractivity contribution in [2.24, 2.45) is 0 Å². The summed E-state index contributed by atoms with van der Waals surface area (Å²) in [6, 6.07) is 17.0. The van der Waals surface area contributed by atoms with Gasteiger partial charge in [-0.1, -0.05) is 48.0 Å². The van der Waals surface area contributed by atoms with E-state index in [1.54, 1.807) is 16.4 Å². The first-order valence-electron chi connectivity index (χ1n) is 7.77. The summed E-state index contributed by atoms with van der Waals surface area (Å²) in [5.74, 6) is 0. The molecule has 23 heavy (non-hydrogen) atoms. The third-order valence-electron chi connectivity index (χ3n) is 4.00. The molecular weight excluding hydrogens is 310 g/mol. The Balaban J connectivity index is 1.47. The van der Waals surface area contributed by atoms with Crippen LogP contribution in [-0.4, -0.2) is 31.9 Å². The Morgan fingerprint density at radius 1 is 1.09 bits per heavy atom. The Hall–Kier alpha value is -1.69. The van der Waals surface area contributed by atoms with Crippen LogP contribution in [0.1, 0.15) is 17.5 Å². The molecule has 5 heteroatoms. The molecule has 0 aromatic heterocycles. The molecule has 3 rings (SSSR count). The molecule has 0 radical (unpaired) electrons. The quantitative estimate of drug-likeness (QED) is 0.579. The van der Waals surface area contributed by atoms with Crippen LogP contribution < -0.4 is 0 Å². The SMILES string of the molecule is Cc1ccc(S(=O)(=O)N2CC2CCOCc2ccccc2)cc1. The second-order valence-electron chi connectivity index (χ2n) is 5.87. The van der Waals surface area contributed by atoms with Gasteiger partial charge in [-0.15, -0.1) is 0 Å². The van der Waals surface area contributed by atoms with Crippen molar-refractivity contribution in [2.45, 2.75) is 30.9 Å². The van der Waals surface area contributed by atoms with Crippen molar-refractivity contribution in [1.29, 1.82) is 0 Å². The maximum absolute atomic E-state index is 12.5. The number of benzene rings is 2. The highest BCUT2D eigenvalue weighted by Crippen LogP contribution is 2.30. The smallest absolute Gasteiger partial charge is 0.243 e. The van der Waals surface area contributed by atoms with Gasteiger partial charge < -0.3 is 4.74 Å². The predicted octanol–water partition coefficient (Wildman–Crippen LogP) is 2.97. The second kappa shape index (κ2) is 6.83. The number of ether oxygens (including phenoxy) is 1. The number of hydrogen-bond donors (Lipinski definition) is 0. The minimum absolute atomic E-state index is 0.0667. The fourth-order valence-corrected chi connectivity index (χ4v) is 4.14. The third-order valence-corrected chi connectivity index (χ3v) is 5.93. The molecule has 1 heterocycles. The Kier molecular flexibility index (Phi) is 4.80. The molecule has 0 spiro atoms. The molecule has 122 valence electrons. The first-order valence-corrected chi connectivity index (χ1v) is 9.21. The van der Waals surface area contributed by atoms with Crippen molar-refractivity contribution < 1.29 is 13.2 Å². The lowest BCUT2D eigenvalue weighted by molar-refractivity contribution is 0.117. The van der Waals surface area contributed by atoms with Crippen LogP contribution in [0.25, 0.3) is 0 Å². The fraction of sp³-hybridized carbons (Fsp3) is 0.333. The lowest BCUT2D eigenvalue weighted by atomic mass is 10.2. The van der Waals surface area contributed by atoms with Gasteiger partial charge in [0, 0.05) is 19.2 Å². The number of hydrogen-bond acceptors (Lipinski definition) is 3. The highest BCUT2D eigenvalue weighted by molar-refractivity contribution is 7.89. The monoisotopic (exact) mass is 331 g/mol. The van der Waals surface area contributed by atoms with Gasteiger partial charge >= 0.3 is 0 Å². The minimum Gasteiger partial charge on any atom is -0.377 e. The predicted molar refractivity (Wildman–Crippen MR) is 89.6 cm³/mol. The maximum Gasteiger partial charge on any atom is 0.243 e. The zero-order chi connectivity index (χ0) is 16.3. The lowest BCUT2D eigenvalue weighted by Crippen LogP contribution is -2.15. The van der Waals surface area contributed by atoms with E-state index < -0.39 is 10.0 Å². The van der Waals surface area contributed by atoms with Crippen LogP contribution in [0, 0.1) is 6.92 Å². The Bertz CT molecular complexity index is 742. The Morgan fingerprint density at radius 2 is 1.78 bits per heavy atom. The van der Waals surface area contributed by atoms with Gasteiger partial charge in [-0.25, -0.2) is 8.42 Å². The Morgan fingerprint density at radius 3 is 2.48 bits per heavy atom. The molecule has 1 fully saturated rings. The summed E-state index contributed by atoms with van der Waals surface area (Å²) in [5.41, 5.74) is 2.19. The largest absolute Gasteiger partial charge is 0.377 e. The van der Waals surface area contributed by atoms with Crippen molar-refractivity contribution in [3.8, 4) is 0 Å². The number of aryl methyl sites for hydroxylation is 1. The lowest BCUT2D eigenvalue weighted by Gasteiger charge is -2.07. The molecule has 0 bridgehead atoms. The van der Waals surface area contributed by atoms with E-state index in [2.05, 4.69) is 0 Å². The third kappa shape index (κ3) is 3.99. The highest BCUT2D eigenvalue weighted by atomic mass is 32.2. The van der Waals surface area contributed by atoms with E-state index in [0.717, 1.165) is 17.5 Å². The summed E-state index contributed by atoms with van der Waals surface area (Å²) in [6.45, 7) is 3.67. The van der Waals surface area contributed by atoms with Gasteiger partial charge in [-0.3, -0.25) is 0 Å². The van der Waals surface area contributed by atoms with Gasteiger partial charge in [0.2, 0.25) is 10.0 Å². The topological polar surface area (TPSA) is 46.4 Å². The molecule has 1 aliphatic heterocycles. The molecule has 0 amide bonds. The molecule has 1 saturated heterocycles. The molecule has 2 unspecified atom stereocenters. The molecule has 2 atom stereocenters. The minimum atomic E-state index is -3.34. The van der Waals surface area contributed by atoms with Crippen LogP contribution in [0.2, 0.25) is 0 Å². The van der Waals surface area contributed by atoms with E-state index >= 15 is 0 Å². The summed E-state index contributed by atoms with van der Waals surface area (Å²) >= 11 is 0. The van der Waals surface area contributed by atoms with E-state index in [4.69, 9.17) is 4.74 Å². The normalized spacial score (nSPS) is 20.4. The van der Waals surface area contributed by atoms with Gasteiger partial charge in [-0.2, -0.15) is 4.31 Å². The summed E-state index contributed by atoms with van der Waals surface area (Å²) in [7, 11) is -3.34. The van der Waals surface area contributed by atoms with Gasteiger partial charge in [0.15, 0.2) is 0 Å². The van der Waals surface area contributed by atoms with Crippen molar-refractivity contribution in [1.82, 2.24) is 4.31 Å². The second-order valence-corrected chi connectivity index (χ2v) is 7.76. The van der Waals surface area contributed by atoms with Crippen molar-refractivity contribution in [3.63, 3.8) is 0 Å². The van der Waals surface area contributed by atoms with Crippen LogP contribution in [-0.2, 0) is 21.4 Å².